The van der Waals surface area contributed by atoms with E-state index in [1.807, 2.05) is 45.2 Å². The van der Waals surface area contributed by atoms with Crippen LogP contribution in [0.5, 0.6) is 5.75 Å². The number of nitrogens with one attached hydrogen (secondary N) is 1. The second kappa shape index (κ2) is 6.37. The van der Waals surface area contributed by atoms with Gasteiger partial charge in [0.05, 0.1) is 11.8 Å². The molecule has 2 rings (SSSR count). The number of aromatic nitrogens is 2. The summed E-state index contributed by atoms with van der Waals surface area (Å²) in [6, 6.07) is 8.04. The van der Waals surface area contributed by atoms with Crippen molar-refractivity contribution in [1.29, 1.82) is 0 Å². The Morgan fingerprint density at radius 1 is 1.15 bits per heavy atom. The van der Waals surface area contributed by atoms with Crippen molar-refractivity contribution < 1.29 is 4.74 Å². The third kappa shape index (κ3) is 3.07. The van der Waals surface area contributed by atoms with Crippen LogP contribution in [0.25, 0.3) is 11.3 Å². The van der Waals surface area contributed by atoms with Crippen molar-refractivity contribution in [1.82, 2.24) is 9.97 Å². The Bertz CT molecular complexity index is 564. The Morgan fingerprint density at radius 2 is 1.85 bits per heavy atom. The number of anilines is 1. The summed E-state index contributed by atoms with van der Waals surface area (Å²) < 4.78 is 5.66. The summed E-state index contributed by atoms with van der Waals surface area (Å²) in [4.78, 5) is 8.69. The molecule has 0 saturated carbocycles. The largest absolute Gasteiger partial charge is 0.491 e. The van der Waals surface area contributed by atoms with Crippen molar-refractivity contribution in [3.8, 4) is 17.0 Å². The molecule has 1 heterocycles. The van der Waals surface area contributed by atoms with Gasteiger partial charge < -0.3 is 10.1 Å². The van der Waals surface area contributed by atoms with Gasteiger partial charge in [0.25, 0.3) is 0 Å². The second-order valence-electron chi connectivity index (χ2n) is 4.84. The Labute approximate surface area is 120 Å². The van der Waals surface area contributed by atoms with E-state index in [-0.39, 0.29) is 6.10 Å². The summed E-state index contributed by atoms with van der Waals surface area (Å²) in [6.07, 6.45) is 2.66. The Balaban J connectivity index is 2.36. The van der Waals surface area contributed by atoms with E-state index in [0.29, 0.717) is 0 Å². The van der Waals surface area contributed by atoms with Gasteiger partial charge in [0.1, 0.15) is 17.9 Å². The molecule has 0 unspecified atom stereocenters. The first-order chi connectivity index (χ1) is 9.65. The number of benzene rings is 1. The molecule has 20 heavy (non-hydrogen) atoms. The molecule has 4 heteroatoms. The first kappa shape index (κ1) is 14.3. The van der Waals surface area contributed by atoms with Gasteiger partial charge in [-0.05, 0) is 44.5 Å². The Morgan fingerprint density at radius 3 is 2.40 bits per heavy atom. The maximum absolute atomic E-state index is 5.66. The summed E-state index contributed by atoms with van der Waals surface area (Å²) >= 11 is 0. The van der Waals surface area contributed by atoms with Crippen LogP contribution in [0.15, 0.2) is 30.6 Å². The minimum Gasteiger partial charge on any atom is -0.491 e. The first-order valence-corrected chi connectivity index (χ1v) is 6.94. The molecular weight excluding hydrogens is 250 g/mol. The molecule has 0 aliphatic heterocycles. The van der Waals surface area contributed by atoms with E-state index in [2.05, 4.69) is 22.2 Å². The van der Waals surface area contributed by atoms with Gasteiger partial charge in [0.15, 0.2) is 0 Å². The molecule has 0 fully saturated rings. The molecule has 1 aromatic carbocycles. The van der Waals surface area contributed by atoms with Crippen molar-refractivity contribution in [2.45, 2.75) is 33.3 Å². The second-order valence-corrected chi connectivity index (χ2v) is 4.84. The Hall–Kier alpha value is -2.10. The lowest BCUT2D eigenvalue weighted by molar-refractivity contribution is 0.242. The molecule has 106 valence electrons. The van der Waals surface area contributed by atoms with Gasteiger partial charge in [-0.15, -0.1) is 0 Å². The fraction of sp³-hybridized carbons (Fsp3) is 0.375. The third-order valence-corrected chi connectivity index (χ3v) is 3.04. The van der Waals surface area contributed by atoms with E-state index >= 15 is 0 Å². The number of nitrogens with zero attached hydrogens (tertiary/aromatic N) is 2. The molecule has 0 amide bonds. The van der Waals surface area contributed by atoms with Crippen molar-refractivity contribution in [2.24, 2.45) is 0 Å². The SMILES string of the molecule is CCc1c(NC)ncnc1-c1ccc(OC(C)C)cc1. The summed E-state index contributed by atoms with van der Waals surface area (Å²) in [6.45, 7) is 6.15. The van der Waals surface area contributed by atoms with Gasteiger partial charge >= 0.3 is 0 Å². The zero-order valence-electron chi connectivity index (χ0n) is 12.5. The average molecular weight is 271 g/mol. The van der Waals surface area contributed by atoms with Crippen LogP contribution in [0.4, 0.5) is 5.82 Å². The van der Waals surface area contributed by atoms with Crippen LogP contribution in [0.1, 0.15) is 26.3 Å². The lowest BCUT2D eigenvalue weighted by Gasteiger charge is -2.13. The van der Waals surface area contributed by atoms with Crippen molar-refractivity contribution >= 4 is 5.82 Å². The number of ether oxygens (including phenoxy) is 1. The molecule has 0 radical (unpaired) electrons. The number of rotatable bonds is 5. The van der Waals surface area contributed by atoms with Crippen LogP contribution < -0.4 is 10.1 Å². The van der Waals surface area contributed by atoms with E-state index in [4.69, 9.17) is 4.74 Å². The smallest absolute Gasteiger partial charge is 0.132 e. The first-order valence-electron chi connectivity index (χ1n) is 6.94. The minimum atomic E-state index is 0.182. The van der Waals surface area contributed by atoms with Crippen molar-refractivity contribution in [3.63, 3.8) is 0 Å². The van der Waals surface area contributed by atoms with Crippen LogP contribution in [0.2, 0.25) is 0 Å². The van der Waals surface area contributed by atoms with E-state index in [0.717, 1.165) is 34.8 Å². The average Bonchev–Trinajstić information content (AvgIpc) is 2.46. The zero-order valence-corrected chi connectivity index (χ0v) is 12.5. The molecular formula is C16H21N3O. The van der Waals surface area contributed by atoms with Crippen LogP contribution in [-0.2, 0) is 6.42 Å². The van der Waals surface area contributed by atoms with E-state index in [9.17, 15) is 0 Å². The minimum absolute atomic E-state index is 0.182. The van der Waals surface area contributed by atoms with E-state index in [1.165, 1.54) is 0 Å². The maximum atomic E-state index is 5.66. The zero-order chi connectivity index (χ0) is 14.5. The number of hydrogen-bond donors (Lipinski definition) is 1. The Kier molecular flexibility index (Phi) is 4.56. The predicted octanol–water partition coefficient (Wildman–Crippen LogP) is 3.53. The monoisotopic (exact) mass is 271 g/mol. The molecule has 4 nitrogen and oxygen atoms in total. The van der Waals surface area contributed by atoms with Crippen LogP contribution in [0, 0.1) is 0 Å². The van der Waals surface area contributed by atoms with E-state index in [1.54, 1.807) is 6.33 Å². The van der Waals surface area contributed by atoms with Crippen LogP contribution >= 0.6 is 0 Å². The van der Waals surface area contributed by atoms with E-state index < -0.39 is 0 Å². The molecule has 2 aromatic rings. The fourth-order valence-electron chi connectivity index (χ4n) is 2.17. The highest BCUT2D eigenvalue weighted by molar-refractivity contribution is 5.68. The summed E-state index contributed by atoms with van der Waals surface area (Å²) in [7, 11) is 1.88. The summed E-state index contributed by atoms with van der Waals surface area (Å²) in [5.41, 5.74) is 3.19. The molecule has 0 spiro atoms. The standard InChI is InChI=1S/C16H21N3O/c1-5-14-15(18-10-19-16(14)17-4)12-6-8-13(9-7-12)20-11(2)3/h6-11H,5H2,1-4H3,(H,17,18,19). The summed E-state index contributed by atoms with van der Waals surface area (Å²) in [5.74, 6) is 1.77. The molecule has 0 aliphatic rings. The predicted molar refractivity (Wildman–Crippen MR) is 82.2 cm³/mol. The van der Waals surface area contributed by atoms with Crippen LogP contribution in [0.3, 0.4) is 0 Å². The summed E-state index contributed by atoms with van der Waals surface area (Å²) in [5, 5.41) is 3.12. The molecule has 0 aliphatic carbocycles. The molecule has 0 saturated heterocycles. The van der Waals surface area contributed by atoms with Gasteiger partial charge in [-0.2, -0.15) is 0 Å². The molecule has 1 N–H and O–H groups in total. The lowest BCUT2D eigenvalue weighted by atomic mass is 10.0. The highest BCUT2D eigenvalue weighted by Crippen LogP contribution is 2.27. The fourth-order valence-corrected chi connectivity index (χ4v) is 2.17. The maximum Gasteiger partial charge on any atom is 0.132 e. The van der Waals surface area contributed by atoms with Crippen molar-refractivity contribution in [2.75, 3.05) is 12.4 Å². The molecule has 0 bridgehead atoms. The van der Waals surface area contributed by atoms with Gasteiger partial charge in [-0.1, -0.05) is 6.92 Å². The number of hydrogen-bond acceptors (Lipinski definition) is 4. The van der Waals surface area contributed by atoms with Gasteiger partial charge in [-0.25, -0.2) is 9.97 Å². The quantitative estimate of drug-likeness (QED) is 0.903. The molecule has 1 aromatic heterocycles. The van der Waals surface area contributed by atoms with Gasteiger partial charge in [0.2, 0.25) is 0 Å². The highest BCUT2D eigenvalue weighted by atomic mass is 16.5. The van der Waals surface area contributed by atoms with Crippen LogP contribution in [-0.4, -0.2) is 23.1 Å². The van der Waals surface area contributed by atoms with Gasteiger partial charge in [-0.3, -0.25) is 0 Å². The van der Waals surface area contributed by atoms with Crippen molar-refractivity contribution in [3.05, 3.63) is 36.2 Å². The topological polar surface area (TPSA) is 47.0 Å². The molecule has 0 atom stereocenters. The lowest BCUT2D eigenvalue weighted by Crippen LogP contribution is -2.05. The normalized spacial score (nSPS) is 10.7. The van der Waals surface area contributed by atoms with Gasteiger partial charge in [0, 0.05) is 18.2 Å². The highest BCUT2D eigenvalue weighted by Gasteiger charge is 2.10. The third-order valence-electron chi connectivity index (χ3n) is 3.04.